The fourth-order valence-electron chi connectivity index (χ4n) is 3.33. The van der Waals surface area contributed by atoms with E-state index in [0.717, 1.165) is 11.3 Å². The van der Waals surface area contributed by atoms with Crippen molar-refractivity contribution in [1.29, 1.82) is 0 Å². The molecule has 2 aromatic carbocycles. The largest absolute Gasteiger partial charge is 0.331 e. The molecular formula is C22H23N3O. The van der Waals surface area contributed by atoms with E-state index in [1.807, 2.05) is 59.6 Å². The maximum absolute atomic E-state index is 13.2. The van der Waals surface area contributed by atoms with Crippen molar-refractivity contribution in [2.75, 3.05) is 0 Å². The van der Waals surface area contributed by atoms with Crippen LogP contribution in [0.1, 0.15) is 35.7 Å². The van der Waals surface area contributed by atoms with Gasteiger partial charge in [0, 0.05) is 18.8 Å². The lowest BCUT2D eigenvalue weighted by Crippen LogP contribution is -2.39. The first-order valence-electron chi connectivity index (χ1n) is 9.17. The van der Waals surface area contributed by atoms with Crippen LogP contribution in [0.5, 0.6) is 0 Å². The highest BCUT2D eigenvalue weighted by Crippen LogP contribution is 2.36. The fourth-order valence-corrected chi connectivity index (χ4v) is 3.33. The summed E-state index contributed by atoms with van der Waals surface area (Å²) in [7, 11) is 0. The van der Waals surface area contributed by atoms with Gasteiger partial charge in [-0.15, -0.1) is 0 Å². The molecule has 1 aromatic heterocycles. The Balaban J connectivity index is 1.59. The summed E-state index contributed by atoms with van der Waals surface area (Å²) in [5.41, 5.74) is 2.75. The summed E-state index contributed by atoms with van der Waals surface area (Å²) in [5.74, 6) is 0.669. The first-order chi connectivity index (χ1) is 12.7. The van der Waals surface area contributed by atoms with Gasteiger partial charge in [-0.1, -0.05) is 48.5 Å². The summed E-state index contributed by atoms with van der Waals surface area (Å²) >= 11 is 0. The maximum atomic E-state index is 13.2. The average molecular weight is 345 g/mol. The molecule has 0 radical (unpaired) electrons. The molecule has 1 amide bonds. The minimum Gasteiger partial charge on any atom is -0.331 e. The lowest BCUT2D eigenvalue weighted by molar-refractivity contribution is 0.0654. The van der Waals surface area contributed by atoms with Crippen LogP contribution in [0.4, 0.5) is 0 Å². The summed E-state index contributed by atoms with van der Waals surface area (Å²) < 4.78 is 1.76. The van der Waals surface area contributed by atoms with E-state index in [9.17, 15) is 4.79 Å². The van der Waals surface area contributed by atoms with Crippen molar-refractivity contribution in [1.82, 2.24) is 14.7 Å². The monoisotopic (exact) mass is 345 g/mol. The molecule has 132 valence electrons. The summed E-state index contributed by atoms with van der Waals surface area (Å²) in [6, 6.07) is 20.3. The smallest absolute Gasteiger partial charge is 0.257 e. The Morgan fingerprint density at radius 3 is 2.42 bits per heavy atom. The van der Waals surface area contributed by atoms with Crippen LogP contribution in [0.25, 0.3) is 5.69 Å². The van der Waals surface area contributed by atoms with Gasteiger partial charge in [0.05, 0.1) is 17.4 Å². The number of carbonyl (C=O) groups is 1. The first kappa shape index (κ1) is 16.6. The predicted molar refractivity (Wildman–Crippen MR) is 102 cm³/mol. The van der Waals surface area contributed by atoms with Crippen LogP contribution >= 0.6 is 0 Å². The van der Waals surface area contributed by atoms with Crippen LogP contribution < -0.4 is 0 Å². The van der Waals surface area contributed by atoms with Gasteiger partial charge in [0.25, 0.3) is 5.91 Å². The van der Waals surface area contributed by atoms with E-state index < -0.39 is 0 Å². The van der Waals surface area contributed by atoms with E-state index in [1.54, 1.807) is 10.9 Å². The van der Waals surface area contributed by atoms with Crippen molar-refractivity contribution in [3.05, 3.63) is 84.2 Å². The van der Waals surface area contributed by atoms with Gasteiger partial charge < -0.3 is 4.90 Å². The molecule has 1 atom stereocenters. The Labute approximate surface area is 154 Å². The van der Waals surface area contributed by atoms with E-state index in [0.29, 0.717) is 18.0 Å². The van der Waals surface area contributed by atoms with Gasteiger partial charge in [0.1, 0.15) is 0 Å². The zero-order chi connectivity index (χ0) is 17.9. The second-order valence-corrected chi connectivity index (χ2v) is 7.01. The molecule has 26 heavy (non-hydrogen) atoms. The highest BCUT2D eigenvalue weighted by Gasteiger charge is 2.35. The molecular weight excluding hydrogens is 322 g/mol. The SMILES string of the molecule is CC(C1CC1)N(Cc1ccccc1)C(=O)c1cnn(-c2ccccc2)c1. The second-order valence-electron chi connectivity index (χ2n) is 7.01. The highest BCUT2D eigenvalue weighted by atomic mass is 16.2. The summed E-state index contributed by atoms with van der Waals surface area (Å²) in [5, 5.41) is 4.39. The predicted octanol–water partition coefficient (Wildman–Crippen LogP) is 4.31. The molecule has 4 heteroatoms. The fraction of sp³-hybridized carbons (Fsp3) is 0.273. The van der Waals surface area contributed by atoms with Crippen molar-refractivity contribution in [3.63, 3.8) is 0 Å². The van der Waals surface area contributed by atoms with Gasteiger partial charge in [-0.05, 0) is 43.4 Å². The molecule has 1 unspecified atom stereocenters. The Bertz CT molecular complexity index is 869. The van der Waals surface area contributed by atoms with Crippen molar-refractivity contribution >= 4 is 5.91 Å². The molecule has 0 spiro atoms. The van der Waals surface area contributed by atoms with Gasteiger partial charge in [0.2, 0.25) is 0 Å². The Morgan fingerprint density at radius 1 is 1.12 bits per heavy atom. The quantitative estimate of drug-likeness (QED) is 0.667. The van der Waals surface area contributed by atoms with Crippen molar-refractivity contribution < 1.29 is 4.79 Å². The standard InChI is InChI=1S/C22H23N3O/c1-17(19-12-13-19)24(15-18-8-4-2-5-9-18)22(26)20-14-23-25(16-20)21-10-6-3-7-11-21/h2-11,14,16-17,19H,12-13,15H2,1H3. The molecule has 1 aliphatic rings. The number of nitrogens with zero attached hydrogens (tertiary/aromatic N) is 3. The number of hydrogen-bond donors (Lipinski definition) is 0. The van der Waals surface area contributed by atoms with E-state index in [2.05, 4.69) is 24.2 Å². The Hall–Kier alpha value is -2.88. The molecule has 1 aliphatic carbocycles. The highest BCUT2D eigenvalue weighted by molar-refractivity contribution is 5.94. The lowest BCUT2D eigenvalue weighted by atomic mass is 10.1. The topological polar surface area (TPSA) is 38.1 Å². The Morgan fingerprint density at radius 2 is 1.77 bits per heavy atom. The molecule has 0 bridgehead atoms. The van der Waals surface area contributed by atoms with Crippen LogP contribution in [-0.4, -0.2) is 26.6 Å². The number of rotatable bonds is 6. The van der Waals surface area contributed by atoms with Crippen molar-refractivity contribution in [2.24, 2.45) is 5.92 Å². The van der Waals surface area contributed by atoms with Crippen LogP contribution in [-0.2, 0) is 6.54 Å². The minimum atomic E-state index is 0.0513. The zero-order valence-corrected chi connectivity index (χ0v) is 15.0. The van der Waals surface area contributed by atoms with Crippen LogP contribution in [0.2, 0.25) is 0 Å². The number of benzene rings is 2. The van der Waals surface area contributed by atoms with E-state index in [4.69, 9.17) is 0 Å². The number of hydrogen-bond acceptors (Lipinski definition) is 2. The molecule has 1 saturated carbocycles. The van der Waals surface area contributed by atoms with Gasteiger partial charge in [-0.2, -0.15) is 5.10 Å². The maximum Gasteiger partial charge on any atom is 0.257 e. The van der Waals surface area contributed by atoms with Gasteiger partial charge in [0.15, 0.2) is 0 Å². The molecule has 4 nitrogen and oxygen atoms in total. The average Bonchev–Trinajstić information content (AvgIpc) is 3.43. The molecule has 1 heterocycles. The number of carbonyl (C=O) groups excluding carboxylic acids is 1. The zero-order valence-electron chi connectivity index (χ0n) is 15.0. The normalized spacial score (nSPS) is 14.8. The molecule has 0 N–H and O–H groups in total. The van der Waals surface area contributed by atoms with E-state index in [1.165, 1.54) is 12.8 Å². The van der Waals surface area contributed by atoms with Gasteiger partial charge in [-0.25, -0.2) is 4.68 Å². The third-order valence-electron chi connectivity index (χ3n) is 5.10. The van der Waals surface area contributed by atoms with Crippen LogP contribution in [0, 0.1) is 5.92 Å². The van der Waals surface area contributed by atoms with Crippen LogP contribution in [0.3, 0.4) is 0 Å². The first-order valence-corrected chi connectivity index (χ1v) is 9.17. The van der Waals surface area contributed by atoms with Crippen molar-refractivity contribution in [2.45, 2.75) is 32.4 Å². The van der Waals surface area contributed by atoms with E-state index >= 15 is 0 Å². The number of amides is 1. The summed E-state index contributed by atoms with van der Waals surface area (Å²) in [6.45, 7) is 2.80. The van der Waals surface area contributed by atoms with Crippen molar-refractivity contribution in [3.8, 4) is 5.69 Å². The van der Waals surface area contributed by atoms with E-state index in [-0.39, 0.29) is 11.9 Å². The molecule has 0 aliphatic heterocycles. The minimum absolute atomic E-state index is 0.0513. The molecule has 3 aromatic rings. The van der Waals surface area contributed by atoms with Crippen LogP contribution in [0.15, 0.2) is 73.1 Å². The third-order valence-corrected chi connectivity index (χ3v) is 5.10. The second kappa shape index (κ2) is 7.16. The van der Waals surface area contributed by atoms with Gasteiger partial charge >= 0.3 is 0 Å². The summed E-state index contributed by atoms with van der Waals surface area (Å²) in [4.78, 5) is 15.2. The number of aromatic nitrogens is 2. The number of para-hydroxylation sites is 1. The third kappa shape index (κ3) is 3.54. The summed E-state index contributed by atoms with van der Waals surface area (Å²) in [6.07, 6.45) is 5.92. The molecule has 0 saturated heterocycles. The Kier molecular flexibility index (Phi) is 4.57. The lowest BCUT2D eigenvalue weighted by Gasteiger charge is -2.29. The molecule has 4 rings (SSSR count). The molecule has 1 fully saturated rings. The van der Waals surface area contributed by atoms with Gasteiger partial charge in [-0.3, -0.25) is 4.79 Å².